The number of unbranched alkanes of at least 4 members (excludes halogenated alkanes) is 9. The Balaban J connectivity index is 1.77. The number of carbonyl (C=O) groups is 1. The molecule has 0 heterocycles. The summed E-state index contributed by atoms with van der Waals surface area (Å²) in [5.41, 5.74) is 0. The Morgan fingerprint density at radius 3 is 2.12 bits per heavy atom. The third-order valence-corrected chi connectivity index (χ3v) is 5.48. The van der Waals surface area contributed by atoms with E-state index in [1.54, 1.807) is 0 Å². The Labute approximate surface area is 151 Å². The molecule has 0 aromatic heterocycles. The summed E-state index contributed by atoms with van der Waals surface area (Å²) in [6.45, 7) is 2.89. The molecule has 0 amide bonds. The highest BCUT2D eigenvalue weighted by Crippen LogP contribution is 2.27. The zero-order valence-electron chi connectivity index (χ0n) is 16.3. The minimum absolute atomic E-state index is 0.0215. The van der Waals surface area contributed by atoms with Crippen molar-refractivity contribution in [2.75, 3.05) is 6.61 Å². The molecule has 2 nitrogen and oxygen atoms in total. The maximum absolute atomic E-state index is 11.7. The van der Waals surface area contributed by atoms with Crippen LogP contribution in [0.15, 0.2) is 0 Å². The highest BCUT2D eigenvalue weighted by atomic mass is 16.5. The third kappa shape index (κ3) is 12.8. The van der Waals surface area contributed by atoms with Gasteiger partial charge < -0.3 is 4.74 Å². The summed E-state index contributed by atoms with van der Waals surface area (Å²) in [6, 6.07) is 0. The van der Waals surface area contributed by atoms with Gasteiger partial charge in [-0.15, -0.1) is 0 Å². The van der Waals surface area contributed by atoms with Gasteiger partial charge in [-0.3, -0.25) is 4.79 Å². The van der Waals surface area contributed by atoms with Crippen LogP contribution in [0.4, 0.5) is 0 Å². The molecular formula is C22H42O2. The Morgan fingerprint density at radius 2 is 1.42 bits per heavy atom. The van der Waals surface area contributed by atoms with E-state index in [4.69, 9.17) is 4.74 Å². The molecule has 1 aliphatic carbocycles. The summed E-state index contributed by atoms with van der Waals surface area (Å²) in [5, 5.41) is 0. The van der Waals surface area contributed by atoms with Crippen LogP contribution in [-0.2, 0) is 9.53 Å². The van der Waals surface area contributed by atoms with Crippen molar-refractivity contribution in [1.82, 2.24) is 0 Å². The van der Waals surface area contributed by atoms with Gasteiger partial charge in [0.05, 0.1) is 6.61 Å². The standard InChI is InChI=1S/C22H42O2/c1-2-3-4-5-6-7-8-14-19-22(23)24-20-15-10-13-18-21-16-11-9-12-17-21/h21H,2-20H2,1H3. The van der Waals surface area contributed by atoms with Crippen LogP contribution in [-0.4, -0.2) is 12.6 Å². The molecule has 0 radical (unpaired) electrons. The summed E-state index contributed by atoms with van der Waals surface area (Å²) < 4.78 is 5.35. The lowest BCUT2D eigenvalue weighted by Crippen LogP contribution is -2.07. The van der Waals surface area contributed by atoms with E-state index in [2.05, 4.69) is 6.92 Å². The van der Waals surface area contributed by atoms with Crippen LogP contribution in [0.5, 0.6) is 0 Å². The predicted octanol–water partition coefficient (Wildman–Crippen LogP) is 7.20. The second-order valence-electron chi connectivity index (χ2n) is 7.80. The van der Waals surface area contributed by atoms with Crippen molar-refractivity contribution in [2.45, 2.75) is 122 Å². The van der Waals surface area contributed by atoms with Gasteiger partial charge in [-0.2, -0.15) is 0 Å². The largest absolute Gasteiger partial charge is 0.466 e. The normalized spacial score (nSPS) is 15.5. The molecule has 1 aliphatic rings. The highest BCUT2D eigenvalue weighted by molar-refractivity contribution is 5.69. The van der Waals surface area contributed by atoms with Crippen molar-refractivity contribution in [3.05, 3.63) is 0 Å². The molecule has 1 rings (SSSR count). The van der Waals surface area contributed by atoms with Gasteiger partial charge in [0.2, 0.25) is 0 Å². The molecule has 1 fully saturated rings. The molecule has 0 unspecified atom stereocenters. The van der Waals surface area contributed by atoms with Gasteiger partial charge in [-0.05, 0) is 18.8 Å². The van der Waals surface area contributed by atoms with E-state index in [1.165, 1.54) is 96.3 Å². The monoisotopic (exact) mass is 338 g/mol. The highest BCUT2D eigenvalue weighted by Gasteiger charge is 2.12. The molecule has 0 N–H and O–H groups in total. The van der Waals surface area contributed by atoms with E-state index in [-0.39, 0.29) is 5.97 Å². The lowest BCUT2D eigenvalue weighted by atomic mass is 9.86. The van der Waals surface area contributed by atoms with Crippen LogP contribution in [0.25, 0.3) is 0 Å². The molecule has 0 saturated heterocycles. The summed E-state index contributed by atoms with van der Waals surface area (Å²) in [6.07, 6.45) is 23.1. The second kappa shape index (κ2) is 16.0. The third-order valence-electron chi connectivity index (χ3n) is 5.48. The lowest BCUT2D eigenvalue weighted by molar-refractivity contribution is -0.143. The van der Waals surface area contributed by atoms with Gasteiger partial charge in [0.1, 0.15) is 0 Å². The quantitative estimate of drug-likeness (QED) is 0.233. The van der Waals surface area contributed by atoms with Gasteiger partial charge in [-0.25, -0.2) is 0 Å². The number of rotatable bonds is 15. The molecule has 1 saturated carbocycles. The Kier molecular flexibility index (Phi) is 14.3. The Hall–Kier alpha value is -0.530. The van der Waals surface area contributed by atoms with Gasteiger partial charge in [0.15, 0.2) is 0 Å². The fraction of sp³-hybridized carbons (Fsp3) is 0.955. The topological polar surface area (TPSA) is 26.3 Å². The summed E-state index contributed by atoms with van der Waals surface area (Å²) in [7, 11) is 0. The molecule has 2 heteroatoms. The fourth-order valence-corrected chi connectivity index (χ4v) is 3.85. The van der Waals surface area contributed by atoms with Gasteiger partial charge in [0, 0.05) is 6.42 Å². The number of esters is 1. The smallest absolute Gasteiger partial charge is 0.305 e. The van der Waals surface area contributed by atoms with Gasteiger partial charge in [0.25, 0.3) is 0 Å². The zero-order valence-corrected chi connectivity index (χ0v) is 16.3. The molecule has 0 aromatic rings. The number of carbonyl (C=O) groups excluding carboxylic acids is 1. The van der Waals surface area contributed by atoms with E-state index >= 15 is 0 Å². The average molecular weight is 339 g/mol. The summed E-state index contributed by atoms with van der Waals surface area (Å²) >= 11 is 0. The van der Waals surface area contributed by atoms with Crippen LogP contribution in [0.3, 0.4) is 0 Å². The van der Waals surface area contributed by atoms with Crippen molar-refractivity contribution >= 4 is 5.97 Å². The van der Waals surface area contributed by atoms with Crippen molar-refractivity contribution in [3.63, 3.8) is 0 Å². The van der Waals surface area contributed by atoms with Crippen LogP contribution in [0.1, 0.15) is 122 Å². The van der Waals surface area contributed by atoms with Crippen molar-refractivity contribution in [1.29, 1.82) is 0 Å². The first-order valence-corrected chi connectivity index (χ1v) is 11.0. The van der Waals surface area contributed by atoms with E-state index in [0.717, 1.165) is 18.8 Å². The van der Waals surface area contributed by atoms with Crippen molar-refractivity contribution in [3.8, 4) is 0 Å². The van der Waals surface area contributed by atoms with E-state index in [1.807, 2.05) is 0 Å². The first kappa shape index (κ1) is 21.5. The molecule has 0 aromatic carbocycles. The Bertz CT molecular complexity index is 282. The predicted molar refractivity (Wildman–Crippen MR) is 103 cm³/mol. The lowest BCUT2D eigenvalue weighted by Gasteiger charge is -2.21. The van der Waals surface area contributed by atoms with Crippen LogP contribution in [0.2, 0.25) is 0 Å². The van der Waals surface area contributed by atoms with Gasteiger partial charge in [-0.1, -0.05) is 103 Å². The first-order chi connectivity index (χ1) is 11.8. The SMILES string of the molecule is CCCCCCCCCCC(=O)OCCCCCC1CCCCC1. The molecule has 24 heavy (non-hydrogen) atoms. The van der Waals surface area contributed by atoms with Crippen LogP contribution < -0.4 is 0 Å². The van der Waals surface area contributed by atoms with E-state index < -0.39 is 0 Å². The minimum atomic E-state index is 0.0215. The average Bonchev–Trinajstić information content (AvgIpc) is 2.61. The van der Waals surface area contributed by atoms with E-state index in [0.29, 0.717) is 13.0 Å². The minimum Gasteiger partial charge on any atom is -0.466 e. The fourth-order valence-electron chi connectivity index (χ4n) is 3.85. The zero-order chi connectivity index (χ0) is 17.3. The van der Waals surface area contributed by atoms with Crippen LogP contribution in [0, 0.1) is 5.92 Å². The van der Waals surface area contributed by atoms with Crippen LogP contribution >= 0.6 is 0 Å². The Morgan fingerprint density at radius 1 is 0.792 bits per heavy atom. The van der Waals surface area contributed by atoms with E-state index in [9.17, 15) is 4.79 Å². The molecule has 142 valence electrons. The maximum Gasteiger partial charge on any atom is 0.305 e. The molecule has 0 bridgehead atoms. The molecule has 0 aliphatic heterocycles. The molecular weight excluding hydrogens is 296 g/mol. The second-order valence-corrected chi connectivity index (χ2v) is 7.80. The molecule has 0 spiro atoms. The van der Waals surface area contributed by atoms with Crippen molar-refractivity contribution in [2.24, 2.45) is 5.92 Å². The summed E-state index contributed by atoms with van der Waals surface area (Å²) in [4.78, 5) is 11.7. The maximum atomic E-state index is 11.7. The number of hydrogen-bond donors (Lipinski definition) is 0. The number of hydrogen-bond acceptors (Lipinski definition) is 2. The summed E-state index contributed by atoms with van der Waals surface area (Å²) in [5.74, 6) is 1.01. The van der Waals surface area contributed by atoms with Gasteiger partial charge >= 0.3 is 5.97 Å². The molecule has 0 atom stereocenters. The van der Waals surface area contributed by atoms with Crippen molar-refractivity contribution < 1.29 is 9.53 Å². The number of ether oxygens (including phenoxy) is 1. The first-order valence-electron chi connectivity index (χ1n) is 11.0.